The number of nitrogens with one attached hydrogen (secondary N) is 2. The summed E-state index contributed by atoms with van der Waals surface area (Å²) in [6, 6.07) is 10.1. The smallest absolute Gasteiger partial charge is 0.212 e. The van der Waals surface area contributed by atoms with Crippen molar-refractivity contribution in [1.82, 2.24) is 15.2 Å². The molecular formula is C17H20N6S. The minimum atomic E-state index is -0.238. The summed E-state index contributed by atoms with van der Waals surface area (Å²) >= 11 is 1.43. The predicted octanol–water partition coefficient (Wildman–Crippen LogP) is 4.07. The quantitative estimate of drug-likeness (QED) is 0.543. The molecule has 24 heavy (non-hydrogen) atoms. The van der Waals surface area contributed by atoms with E-state index in [2.05, 4.69) is 25.8 Å². The lowest BCUT2D eigenvalue weighted by atomic mass is 10.1. The van der Waals surface area contributed by atoms with Crippen LogP contribution in [-0.4, -0.2) is 26.7 Å². The molecule has 3 aromatic rings. The maximum atomic E-state index is 4.73. The Morgan fingerprint density at radius 1 is 1.17 bits per heavy atom. The van der Waals surface area contributed by atoms with Gasteiger partial charge in [0.2, 0.25) is 11.1 Å². The number of aliphatic imine (C=N–C) groups is 1. The lowest BCUT2D eigenvalue weighted by Gasteiger charge is -2.18. The van der Waals surface area contributed by atoms with Crippen molar-refractivity contribution in [2.24, 2.45) is 4.99 Å². The Morgan fingerprint density at radius 2 is 1.96 bits per heavy atom. The summed E-state index contributed by atoms with van der Waals surface area (Å²) in [6.45, 7) is 8.13. The molecule has 0 aliphatic heterocycles. The highest BCUT2D eigenvalue weighted by atomic mass is 32.1. The maximum Gasteiger partial charge on any atom is 0.212 e. The van der Waals surface area contributed by atoms with Gasteiger partial charge < -0.3 is 10.6 Å². The Kier molecular flexibility index (Phi) is 4.44. The highest BCUT2D eigenvalue weighted by Crippen LogP contribution is 2.23. The van der Waals surface area contributed by atoms with Crippen LogP contribution in [0.5, 0.6) is 0 Å². The Bertz CT molecular complexity index is 864. The van der Waals surface area contributed by atoms with Crippen LogP contribution in [0.2, 0.25) is 0 Å². The molecule has 2 heterocycles. The van der Waals surface area contributed by atoms with Crippen LogP contribution in [0.4, 0.5) is 10.8 Å². The summed E-state index contributed by atoms with van der Waals surface area (Å²) in [5.41, 5.74) is 4.30. The largest absolute Gasteiger partial charge is 0.325 e. The second kappa shape index (κ2) is 6.52. The average Bonchev–Trinajstić information content (AvgIpc) is 2.98. The normalized spacial score (nSPS) is 12.4. The highest BCUT2D eigenvalue weighted by molar-refractivity contribution is 7.13. The molecule has 3 rings (SSSR count). The molecule has 0 aliphatic rings. The van der Waals surface area contributed by atoms with Gasteiger partial charge in [-0.15, -0.1) is 10.2 Å². The zero-order chi connectivity index (χ0) is 17.2. The molecule has 0 amide bonds. The summed E-state index contributed by atoms with van der Waals surface area (Å²) in [4.78, 5) is 9.30. The summed E-state index contributed by atoms with van der Waals surface area (Å²) in [5, 5.41) is 16.2. The van der Waals surface area contributed by atoms with Gasteiger partial charge in [0.05, 0.1) is 16.7 Å². The van der Waals surface area contributed by atoms with Crippen molar-refractivity contribution < 1.29 is 0 Å². The van der Waals surface area contributed by atoms with Crippen molar-refractivity contribution in [2.75, 3.05) is 10.6 Å². The SMILES string of the molecule is Cc1cc(NC(=NC(C)(C)C)Nc2nncs2)c2ccccc2n1. The van der Waals surface area contributed by atoms with Crippen LogP contribution in [0, 0.1) is 6.92 Å². The molecule has 2 N–H and O–H groups in total. The lowest BCUT2D eigenvalue weighted by molar-refractivity contribution is 0.583. The zero-order valence-corrected chi connectivity index (χ0v) is 15.0. The van der Waals surface area contributed by atoms with E-state index in [0.29, 0.717) is 11.1 Å². The van der Waals surface area contributed by atoms with E-state index < -0.39 is 0 Å². The van der Waals surface area contributed by atoms with Gasteiger partial charge in [-0.3, -0.25) is 4.98 Å². The fourth-order valence-electron chi connectivity index (χ4n) is 2.29. The minimum Gasteiger partial charge on any atom is -0.325 e. The molecule has 0 atom stereocenters. The van der Waals surface area contributed by atoms with Gasteiger partial charge in [0.15, 0.2) is 0 Å². The van der Waals surface area contributed by atoms with Crippen LogP contribution in [0.25, 0.3) is 10.9 Å². The third kappa shape index (κ3) is 4.05. The Hall–Kier alpha value is -2.54. The average molecular weight is 340 g/mol. The number of nitrogens with zero attached hydrogens (tertiary/aromatic N) is 4. The molecule has 0 fully saturated rings. The molecule has 124 valence electrons. The van der Waals surface area contributed by atoms with E-state index in [9.17, 15) is 0 Å². The standard InChI is InChI=1S/C17H20N6S/c1-11-9-14(12-7-5-6-8-13(12)19-11)20-15(22-17(2,3)4)21-16-23-18-10-24-16/h5-10H,1-4H3,(H2,19,20,21,22,23). The second-order valence-electron chi connectivity index (χ2n) is 6.45. The van der Waals surface area contributed by atoms with Crippen molar-refractivity contribution in [2.45, 2.75) is 33.2 Å². The topological polar surface area (TPSA) is 75.1 Å². The van der Waals surface area contributed by atoms with Crippen molar-refractivity contribution >= 4 is 39.0 Å². The summed E-state index contributed by atoms with van der Waals surface area (Å²) in [7, 11) is 0. The molecule has 0 spiro atoms. The van der Waals surface area contributed by atoms with Crippen molar-refractivity contribution in [3.8, 4) is 0 Å². The van der Waals surface area contributed by atoms with Gasteiger partial charge in [-0.25, -0.2) is 4.99 Å². The number of aryl methyl sites for hydroxylation is 1. The van der Waals surface area contributed by atoms with E-state index in [1.807, 2.05) is 58.0 Å². The van der Waals surface area contributed by atoms with Gasteiger partial charge in [-0.2, -0.15) is 0 Å². The molecule has 2 aromatic heterocycles. The van der Waals surface area contributed by atoms with E-state index in [-0.39, 0.29) is 5.54 Å². The van der Waals surface area contributed by atoms with E-state index in [1.165, 1.54) is 11.3 Å². The van der Waals surface area contributed by atoms with Crippen molar-refractivity contribution in [1.29, 1.82) is 0 Å². The second-order valence-corrected chi connectivity index (χ2v) is 7.29. The first kappa shape index (κ1) is 16.3. The maximum absolute atomic E-state index is 4.73. The Balaban J connectivity index is 2.00. The van der Waals surface area contributed by atoms with Crippen LogP contribution < -0.4 is 10.6 Å². The van der Waals surface area contributed by atoms with Gasteiger partial charge in [-0.05, 0) is 39.8 Å². The van der Waals surface area contributed by atoms with Gasteiger partial charge in [0.1, 0.15) is 5.51 Å². The number of rotatable bonds is 2. The molecule has 0 saturated heterocycles. The molecule has 0 radical (unpaired) electrons. The third-order valence-corrected chi connectivity index (χ3v) is 3.74. The van der Waals surface area contributed by atoms with Crippen molar-refractivity contribution in [3.63, 3.8) is 0 Å². The van der Waals surface area contributed by atoms with E-state index in [1.54, 1.807) is 5.51 Å². The van der Waals surface area contributed by atoms with Gasteiger partial charge in [-0.1, -0.05) is 29.5 Å². The van der Waals surface area contributed by atoms with Crippen molar-refractivity contribution in [3.05, 3.63) is 41.5 Å². The monoisotopic (exact) mass is 340 g/mol. The van der Waals surface area contributed by atoms with Crippen LogP contribution in [0.15, 0.2) is 40.8 Å². The highest BCUT2D eigenvalue weighted by Gasteiger charge is 2.13. The van der Waals surface area contributed by atoms with Gasteiger partial charge >= 0.3 is 0 Å². The molecular weight excluding hydrogens is 320 g/mol. The Morgan fingerprint density at radius 3 is 2.67 bits per heavy atom. The predicted molar refractivity (Wildman–Crippen MR) is 101 cm³/mol. The fraction of sp³-hybridized carbons (Fsp3) is 0.294. The van der Waals surface area contributed by atoms with E-state index >= 15 is 0 Å². The molecule has 6 nitrogen and oxygen atoms in total. The number of pyridine rings is 1. The first-order valence-electron chi connectivity index (χ1n) is 7.67. The zero-order valence-electron chi connectivity index (χ0n) is 14.2. The molecule has 1 aromatic carbocycles. The molecule has 0 aliphatic carbocycles. The Labute approximate surface area is 145 Å². The lowest BCUT2D eigenvalue weighted by Crippen LogP contribution is -2.27. The van der Waals surface area contributed by atoms with E-state index in [4.69, 9.17) is 4.99 Å². The molecule has 0 bridgehead atoms. The summed E-state index contributed by atoms with van der Waals surface area (Å²) in [6.07, 6.45) is 0. The summed E-state index contributed by atoms with van der Waals surface area (Å²) < 4.78 is 0. The number of hydrogen-bond donors (Lipinski definition) is 2. The number of benzene rings is 1. The number of para-hydroxylation sites is 1. The number of hydrogen-bond acceptors (Lipinski definition) is 5. The number of guanidine groups is 1. The van der Waals surface area contributed by atoms with E-state index in [0.717, 1.165) is 22.3 Å². The number of anilines is 2. The van der Waals surface area contributed by atoms with Crippen LogP contribution >= 0.6 is 11.3 Å². The first-order chi connectivity index (χ1) is 11.4. The molecule has 7 heteroatoms. The first-order valence-corrected chi connectivity index (χ1v) is 8.55. The summed E-state index contributed by atoms with van der Waals surface area (Å²) in [5.74, 6) is 0.634. The third-order valence-electron chi connectivity index (χ3n) is 3.13. The van der Waals surface area contributed by atoms with Crippen LogP contribution in [-0.2, 0) is 0 Å². The number of fused-ring (bicyclic) bond motifs is 1. The van der Waals surface area contributed by atoms with Crippen LogP contribution in [0.1, 0.15) is 26.5 Å². The fourth-order valence-corrected chi connectivity index (χ4v) is 2.73. The minimum absolute atomic E-state index is 0.238. The van der Waals surface area contributed by atoms with Gasteiger partial charge in [0.25, 0.3) is 0 Å². The molecule has 0 unspecified atom stereocenters. The van der Waals surface area contributed by atoms with Crippen LogP contribution in [0.3, 0.4) is 0 Å². The number of aromatic nitrogens is 3. The van der Waals surface area contributed by atoms with Gasteiger partial charge in [0, 0.05) is 11.1 Å². The molecule has 0 saturated carbocycles.